The molecule has 0 saturated carbocycles. The van der Waals surface area contributed by atoms with Crippen LogP contribution in [0.2, 0.25) is 0 Å². The van der Waals surface area contributed by atoms with E-state index in [0.29, 0.717) is 17.1 Å². The zero-order valence-electron chi connectivity index (χ0n) is 15.3. The Kier molecular flexibility index (Phi) is 5.69. The van der Waals surface area contributed by atoms with Crippen molar-refractivity contribution in [2.75, 3.05) is 27.9 Å². The second-order valence-corrected chi connectivity index (χ2v) is 7.52. The molecule has 3 rings (SSSR count). The fraction of sp³-hybridized carbons (Fsp3) is 0.263. The molecule has 0 aliphatic carbocycles. The third kappa shape index (κ3) is 4.08. The minimum atomic E-state index is -3.86. The van der Waals surface area contributed by atoms with Crippen molar-refractivity contribution in [2.24, 2.45) is 0 Å². The van der Waals surface area contributed by atoms with Gasteiger partial charge in [-0.3, -0.25) is 0 Å². The lowest BCUT2D eigenvalue weighted by Crippen LogP contribution is -2.29. The Morgan fingerprint density at radius 3 is 2.48 bits per heavy atom. The molecule has 0 aliphatic heterocycles. The maximum absolute atomic E-state index is 12.8. The standard InChI is InChI=1S/C19H21NO6S/c1-23-14-8-9-16(24-2)19(11-14)27(21,22)20-12-18(25-3)17-10-13-6-4-5-7-15(13)26-17/h4-11,18,20H,12H2,1-3H3/t18-/m0/s1. The fourth-order valence-corrected chi connectivity index (χ4v) is 3.93. The van der Waals surface area contributed by atoms with Gasteiger partial charge in [-0.1, -0.05) is 18.2 Å². The van der Waals surface area contributed by atoms with E-state index in [0.717, 1.165) is 5.39 Å². The summed E-state index contributed by atoms with van der Waals surface area (Å²) in [6, 6.07) is 14.0. The van der Waals surface area contributed by atoms with Crippen LogP contribution in [0.3, 0.4) is 0 Å². The Bertz CT molecular complexity index is 995. The number of rotatable bonds is 8. The summed E-state index contributed by atoms with van der Waals surface area (Å²) < 4.78 is 49.6. The van der Waals surface area contributed by atoms with Gasteiger partial charge in [0.15, 0.2) is 0 Å². The second-order valence-electron chi connectivity index (χ2n) is 5.78. The van der Waals surface area contributed by atoms with Crippen LogP contribution in [-0.2, 0) is 14.8 Å². The number of benzene rings is 2. The summed E-state index contributed by atoms with van der Waals surface area (Å²) in [5.41, 5.74) is 0.715. The van der Waals surface area contributed by atoms with E-state index >= 15 is 0 Å². The average Bonchev–Trinajstić information content (AvgIpc) is 3.11. The Balaban J connectivity index is 1.83. The molecule has 1 aromatic heterocycles. The summed E-state index contributed by atoms with van der Waals surface area (Å²) in [7, 11) is 0.519. The van der Waals surface area contributed by atoms with E-state index < -0.39 is 16.1 Å². The lowest BCUT2D eigenvalue weighted by Gasteiger charge is -2.16. The van der Waals surface area contributed by atoms with Gasteiger partial charge in [-0.15, -0.1) is 0 Å². The maximum Gasteiger partial charge on any atom is 0.244 e. The van der Waals surface area contributed by atoms with Crippen molar-refractivity contribution in [2.45, 2.75) is 11.0 Å². The first-order chi connectivity index (χ1) is 13.0. The monoisotopic (exact) mass is 391 g/mol. The van der Waals surface area contributed by atoms with Crippen molar-refractivity contribution in [1.82, 2.24) is 4.72 Å². The van der Waals surface area contributed by atoms with E-state index in [4.69, 9.17) is 18.6 Å². The summed E-state index contributed by atoms with van der Waals surface area (Å²) in [5.74, 6) is 1.18. The molecule has 0 amide bonds. The van der Waals surface area contributed by atoms with Crippen molar-refractivity contribution >= 4 is 21.0 Å². The van der Waals surface area contributed by atoms with Gasteiger partial charge in [-0.05, 0) is 24.3 Å². The molecule has 0 spiro atoms. The first-order valence-corrected chi connectivity index (χ1v) is 9.69. The average molecular weight is 391 g/mol. The number of ether oxygens (including phenoxy) is 3. The quantitative estimate of drug-likeness (QED) is 0.635. The lowest BCUT2D eigenvalue weighted by atomic mass is 10.2. The Hall–Kier alpha value is -2.55. The molecule has 0 fully saturated rings. The molecule has 3 aromatic rings. The number of fused-ring (bicyclic) bond motifs is 1. The first kappa shape index (κ1) is 19.2. The van der Waals surface area contributed by atoms with Gasteiger partial charge in [0.05, 0.1) is 14.2 Å². The highest BCUT2D eigenvalue weighted by Gasteiger charge is 2.24. The molecule has 8 heteroatoms. The van der Waals surface area contributed by atoms with Crippen molar-refractivity contribution in [3.05, 3.63) is 54.3 Å². The summed E-state index contributed by atoms with van der Waals surface area (Å²) in [6.45, 7) is -0.000973. The zero-order chi connectivity index (χ0) is 19.4. The van der Waals surface area contributed by atoms with Crippen LogP contribution in [0.1, 0.15) is 11.9 Å². The molecule has 0 radical (unpaired) electrons. The molecule has 1 N–H and O–H groups in total. The number of nitrogens with one attached hydrogen (secondary N) is 1. The molecule has 0 aliphatic rings. The molecule has 0 saturated heterocycles. The number of para-hydroxylation sites is 1. The van der Waals surface area contributed by atoms with E-state index in [1.165, 1.54) is 27.4 Å². The van der Waals surface area contributed by atoms with Crippen LogP contribution < -0.4 is 14.2 Å². The van der Waals surface area contributed by atoms with Gasteiger partial charge in [0.2, 0.25) is 10.0 Å². The second kappa shape index (κ2) is 7.99. The molecule has 0 unspecified atom stereocenters. The first-order valence-electron chi connectivity index (χ1n) is 8.21. The predicted octanol–water partition coefficient (Wildman–Crippen LogP) is 3.12. The minimum absolute atomic E-state index is 0.000973. The number of hydrogen-bond acceptors (Lipinski definition) is 6. The fourth-order valence-electron chi connectivity index (χ4n) is 2.72. The van der Waals surface area contributed by atoms with Gasteiger partial charge in [0, 0.05) is 25.1 Å². The number of hydrogen-bond donors (Lipinski definition) is 1. The van der Waals surface area contributed by atoms with Gasteiger partial charge in [0.25, 0.3) is 0 Å². The molecule has 2 aromatic carbocycles. The van der Waals surface area contributed by atoms with E-state index in [1.54, 1.807) is 12.1 Å². The largest absolute Gasteiger partial charge is 0.497 e. The highest BCUT2D eigenvalue weighted by Crippen LogP contribution is 2.29. The number of furan rings is 1. The molecule has 1 heterocycles. The third-order valence-electron chi connectivity index (χ3n) is 4.17. The molecular weight excluding hydrogens is 370 g/mol. The zero-order valence-corrected chi connectivity index (χ0v) is 16.1. The Morgan fingerprint density at radius 2 is 1.81 bits per heavy atom. The number of sulfonamides is 1. The van der Waals surface area contributed by atoms with Crippen LogP contribution in [-0.4, -0.2) is 36.3 Å². The highest BCUT2D eigenvalue weighted by atomic mass is 32.2. The van der Waals surface area contributed by atoms with Crippen LogP contribution in [0, 0.1) is 0 Å². The van der Waals surface area contributed by atoms with Crippen LogP contribution in [0.4, 0.5) is 0 Å². The van der Waals surface area contributed by atoms with E-state index in [-0.39, 0.29) is 17.2 Å². The minimum Gasteiger partial charge on any atom is -0.497 e. The SMILES string of the molecule is COc1ccc(OC)c(S(=O)(=O)NC[C@H](OC)c2cc3ccccc3o2)c1. The summed E-state index contributed by atoms with van der Waals surface area (Å²) >= 11 is 0. The van der Waals surface area contributed by atoms with Crippen LogP contribution in [0.5, 0.6) is 11.5 Å². The molecule has 27 heavy (non-hydrogen) atoms. The van der Waals surface area contributed by atoms with E-state index in [1.807, 2.05) is 30.3 Å². The van der Waals surface area contributed by atoms with Crippen LogP contribution in [0.15, 0.2) is 57.8 Å². The van der Waals surface area contributed by atoms with Crippen LogP contribution >= 0.6 is 0 Å². The normalized spacial score (nSPS) is 12.9. The lowest BCUT2D eigenvalue weighted by molar-refractivity contribution is 0.0893. The highest BCUT2D eigenvalue weighted by molar-refractivity contribution is 7.89. The molecule has 0 bridgehead atoms. The van der Waals surface area contributed by atoms with Gasteiger partial charge in [-0.2, -0.15) is 0 Å². The predicted molar refractivity (Wildman–Crippen MR) is 101 cm³/mol. The third-order valence-corrected chi connectivity index (χ3v) is 5.61. The summed E-state index contributed by atoms with van der Waals surface area (Å²) in [4.78, 5) is -0.0104. The van der Waals surface area contributed by atoms with Gasteiger partial charge in [-0.25, -0.2) is 13.1 Å². The molecular formula is C19H21NO6S. The Labute approximate surface area is 157 Å². The molecule has 1 atom stereocenters. The molecule has 7 nitrogen and oxygen atoms in total. The maximum atomic E-state index is 12.8. The van der Waals surface area contributed by atoms with E-state index in [9.17, 15) is 8.42 Å². The van der Waals surface area contributed by atoms with E-state index in [2.05, 4.69) is 4.72 Å². The van der Waals surface area contributed by atoms with Crippen LogP contribution in [0.25, 0.3) is 11.0 Å². The topological polar surface area (TPSA) is 87.0 Å². The van der Waals surface area contributed by atoms with Gasteiger partial charge in [0.1, 0.15) is 33.8 Å². The van der Waals surface area contributed by atoms with Gasteiger partial charge < -0.3 is 18.6 Å². The molecule has 144 valence electrons. The number of methoxy groups -OCH3 is 3. The summed E-state index contributed by atoms with van der Waals surface area (Å²) in [5, 5.41) is 0.923. The van der Waals surface area contributed by atoms with Crippen molar-refractivity contribution in [3.8, 4) is 11.5 Å². The van der Waals surface area contributed by atoms with Gasteiger partial charge >= 0.3 is 0 Å². The van der Waals surface area contributed by atoms with Crippen molar-refractivity contribution < 1.29 is 27.0 Å². The smallest absolute Gasteiger partial charge is 0.244 e. The Morgan fingerprint density at radius 1 is 1.04 bits per heavy atom. The van der Waals surface area contributed by atoms with Crippen molar-refractivity contribution in [3.63, 3.8) is 0 Å². The summed E-state index contributed by atoms with van der Waals surface area (Å²) in [6.07, 6.45) is -0.580. The van der Waals surface area contributed by atoms with Crippen molar-refractivity contribution in [1.29, 1.82) is 0 Å².